The first-order valence-corrected chi connectivity index (χ1v) is 13.9. The number of benzene rings is 1. The van der Waals surface area contributed by atoms with Gasteiger partial charge in [-0.2, -0.15) is 0 Å². The fourth-order valence-electron chi connectivity index (χ4n) is 5.04. The molecule has 1 fully saturated rings. The Labute approximate surface area is 224 Å². The number of nitrogens with zero attached hydrogens (tertiary/aromatic N) is 1. The van der Waals surface area contributed by atoms with E-state index in [0.717, 1.165) is 42.4 Å². The summed E-state index contributed by atoms with van der Waals surface area (Å²) >= 11 is 0. The van der Waals surface area contributed by atoms with Crippen LogP contribution in [0, 0.1) is 19.8 Å². The number of aryl methyl sites for hydroxylation is 2. The summed E-state index contributed by atoms with van der Waals surface area (Å²) < 4.78 is 5.46. The van der Waals surface area contributed by atoms with Gasteiger partial charge < -0.3 is 20.3 Å². The summed E-state index contributed by atoms with van der Waals surface area (Å²) in [7, 11) is 0. The summed E-state index contributed by atoms with van der Waals surface area (Å²) in [5.41, 5.74) is 2.18. The normalized spacial score (nSPS) is 17.0. The Hall–Kier alpha value is -2.57. The van der Waals surface area contributed by atoms with Gasteiger partial charge in [-0.05, 0) is 72.3 Å². The Morgan fingerprint density at radius 3 is 2.05 bits per heavy atom. The van der Waals surface area contributed by atoms with Gasteiger partial charge in [-0.1, -0.05) is 69.4 Å². The fraction of sp³-hybridized carbons (Fsp3) is 0.700. The first-order valence-electron chi connectivity index (χ1n) is 13.9. The van der Waals surface area contributed by atoms with Crippen molar-refractivity contribution in [1.29, 1.82) is 0 Å². The highest BCUT2D eigenvalue weighted by molar-refractivity contribution is 5.92. The van der Waals surface area contributed by atoms with Gasteiger partial charge in [0.15, 0.2) is 0 Å². The van der Waals surface area contributed by atoms with Crippen molar-refractivity contribution in [3.05, 3.63) is 34.9 Å². The van der Waals surface area contributed by atoms with Crippen LogP contribution in [0.4, 0.5) is 4.79 Å². The highest BCUT2D eigenvalue weighted by atomic mass is 16.6. The predicted molar refractivity (Wildman–Crippen MR) is 148 cm³/mol. The van der Waals surface area contributed by atoms with E-state index >= 15 is 0 Å². The van der Waals surface area contributed by atoms with Crippen molar-refractivity contribution in [2.75, 3.05) is 0 Å². The quantitative estimate of drug-likeness (QED) is 0.424. The largest absolute Gasteiger partial charge is 0.444 e. The number of carbonyl (C=O) groups is 3. The van der Waals surface area contributed by atoms with Crippen LogP contribution in [-0.2, 0) is 14.3 Å². The Bertz CT molecular complexity index is 911. The SMILES string of the molecule is CCC(C)N(C(=O)C(NC(=O)OC(C)(C)C)C(C)C)C(C(=O)NC1CCCCC1)c1cc(C)cc(C)c1. The van der Waals surface area contributed by atoms with Crippen LogP contribution < -0.4 is 10.6 Å². The van der Waals surface area contributed by atoms with E-state index < -0.39 is 23.8 Å². The minimum absolute atomic E-state index is 0.115. The van der Waals surface area contributed by atoms with Gasteiger partial charge in [0.2, 0.25) is 11.8 Å². The molecule has 7 nitrogen and oxygen atoms in total. The highest BCUT2D eigenvalue weighted by Crippen LogP contribution is 2.30. The molecular formula is C30H49N3O4. The van der Waals surface area contributed by atoms with Crippen LogP contribution >= 0.6 is 0 Å². The second-order valence-corrected chi connectivity index (χ2v) is 12.0. The number of ether oxygens (including phenoxy) is 1. The topological polar surface area (TPSA) is 87.7 Å². The summed E-state index contributed by atoms with van der Waals surface area (Å²) in [4.78, 5) is 42.6. The standard InChI is InChI=1S/C30H49N3O4/c1-10-22(6)33(28(35)25(19(2)3)32-29(36)37-30(7,8)9)26(23-17-20(4)16-21(5)18-23)27(34)31-24-14-12-11-13-15-24/h16-19,22,24-26H,10-15H2,1-9H3,(H,31,34)(H,32,36). The molecule has 3 unspecified atom stereocenters. The molecule has 1 aliphatic carbocycles. The third-order valence-electron chi connectivity index (χ3n) is 6.96. The van der Waals surface area contributed by atoms with Crippen LogP contribution in [0.2, 0.25) is 0 Å². The van der Waals surface area contributed by atoms with Crippen molar-refractivity contribution < 1.29 is 19.1 Å². The maximum absolute atomic E-state index is 14.2. The van der Waals surface area contributed by atoms with Gasteiger partial charge in [0.05, 0.1) is 0 Å². The average molecular weight is 516 g/mol. The lowest BCUT2D eigenvalue weighted by atomic mass is 9.92. The Morgan fingerprint density at radius 2 is 1.57 bits per heavy atom. The molecule has 0 radical (unpaired) electrons. The van der Waals surface area contributed by atoms with Gasteiger partial charge in [-0.3, -0.25) is 9.59 Å². The van der Waals surface area contributed by atoms with Gasteiger partial charge in [0.25, 0.3) is 0 Å². The molecule has 0 aromatic heterocycles. The molecule has 3 atom stereocenters. The molecule has 208 valence electrons. The molecular weight excluding hydrogens is 466 g/mol. The predicted octanol–water partition coefficient (Wildman–Crippen LogP) is 5.97. The summed E-state index contributed by atoms with van der Waals surface area (Å²) in [5, 5.41) is 6.06. The summed E-state index contributed by atoms with van der Waals surface area (Å²) in [5.74, 6) is -0.642. The molecule has 0 spiro atoms. The molecule has 1 aliphatic rings. The van der Waals surface area contributed by atoms with E-state index in [9.17, 15) is 14.4 Å². The number of amides is 3. The summed E-state index contributed by atoms with van der Waals surface area (Å²) in [6.07, 6.45) is 5.33. The molecule has 1 aromatic rings. The van der Waals surface area contributed by atoms with Crippen LogP contribution in [-0.4, -0.2) is 46.5 Å². The zero-order chi connectivity index (χ0) is 27.9. The number of nitrogens with one attached hydrogen (secondary N) is 2. The van der Waals surface area contributed by atoms with Crippen molar-refractivity contribution in [2.24, 2.45) is 5.92 Å². The number of hydrogen-bond acceptors (Lipinski definition) is 4. The zero-order valence-corrected chi connectivity index (χ0v) is 24.4. The lowest BCUT2D eigenvalue weighted by molar-refractivity contribution is -0.146. The summed E-state index contributed by atoms with van der Waals surface area (Å²) in [6, 6.07) is 4.31. The maximum atomic E-state index is 14.2. The van der Waals surface area contributed by atoms with Crippen LogP contribution in [0.3, 0.4) is 0 Å². The highest BCUT2D eigenvalue weighted by Gasteiger charge is 2.40. The maximum Gasteiger partial charge on any atom is 0.408 e. The van der Waals surface area contributed by atoms with Crippen molar-refractivity contribution in [3.63, 3.8) is 0 Å². The van der Waals surface area contributed by atoms with E-state index in [1.54, 1.807) is 25.7 Å². The monoisotopic (exact) mass is 515 g/mol. The molecule has 2 rings (SSSR count). The number of alkyl carbamates (subject to hydrolysis) is 1. The molecule has 3 amide bonds. The second kappa shape index (κ2) is 13.3. The van der Waals surface area contributed by atoms with E-state index in [-0.39, 0.29) is 29.8 Å². The van der Waals surface area contributed by atoms with Crippen LogP contribution in [0.25, 0.3) is 0 Å². The molecule has 0 bridgehead atoms. The Morgan fingerprint density at radius 1 is 1.00 bits per heavy atom. The molecule has 1 aromatic carbocycles. The van der Waals surface area contributed by atoms with Crippen molar-refractivity contribution >= 4 is 17.9 Å². The minimum Gasteiger partial charge on any atom is -0.444 e. The Balaban J connectivity index is 2.52. The van der Waals surface area contributed by atoms with Crippen molar-refractivity contribution in [2.45, 2.75) is 131 Å². The average Bonchev–Trinajstić information content (AvgIpc) is 2.78. The first kappa shape index (κ1) is 30.7. The zero-order valence-electron chi connectivity index (χ0n) is 24.4. The van der Waals surface area contributed by atoms with E-state index in [0.29, 0.717) is 6.42 Å². The van der Waals surface area contributed by atoms with Gasteiger partial charge in [-0.15, -0.1) is 0 Å². The van der Waals surface area contributed by atoms with Crippen LogP contribution in [0.15, 0.2) is 18.2 Å². The molecule has 0 aliphatic heterocycles. The Kier molecular flexibility index (Phi) is 11.0. The summed E-state index contributed by atoms with van der Waals surface area (Å²) in [6.45, 7) is 17.1. The van der Waals surface area contributed by atoms with E-state index in [4.69, 9.17) is 4.74 Å². The third kappa shape index (κ3) is 9.04. The van der Waals surface area contributed by atoms with Crippen LogP contribution in [0.5, 0.6) is 0 Å². The first-order chi connectivity index (χ1) is 17.2. The van der Waals surface area contributed by atoms with Gasteiger partial charge in [-0.25, -0.2) is 4.79 Å². The third-order valence-corrected chi connectivity index (χ3v) is 6.96. The van der Waals surface area contributed by atoms with Crippen LogP contribution in [0.1, 0.15) is 110 Å². The number of rotatable bonds is 9. The van der Waals surface area contributed by atoms with E-state index in [2.05, 4.69) is 16.7 Å². The van der Waals surface area contributed by atoms with Gasteiger partial charge in [0.1, 0.15) is 17.7 Å². The van der Waals surface area contributed by atoms with Gasteiger partial charge >= 0.3 is 6.09 Å². The molecule has 0 heterocycles. The fourth-order valence-corrected chi connectivity index (χ4v) is 5.04. The van der Waals surface area contributed by atoms with Gasteiger partial charge in [0, 0.05) is 12.1 Å². The molecule has 0 saturated heterocycles. The second-order valence-electron chi connectivity index (χ2n) is 12.0. The van der Waals surface area contributed by atoms with Crippen molar-refractivity contribution in [1.82, 2.24) is 15.5 Å². The molecule has 7 heteroatoms. The minimum atomic E-state index is -0.834. The van der Waals surface area contributed by atoms with Crippen molar-refractivity contribution in [3.8, 4) is 0 Å². The number of hydrogen-bond donors (Lipinski definition) is 2. The van der Waals surface area contributed by atoms with E-state index in [1.807, 2.05) is 53.7 Å². The number of carbonyl (C=O) groups excluding carboxylic acids is 3. The lowest BCUT2D eigenvalue weighted by Crippen LogP contribution is -2.57. The molecule has 1 saturated carbocycles. The smallest absolute Gasteiger partial charge is 0.408 e. The molecule has 37 heavy (non-hydrogen) atoms. The lowest BCUT2D eigenvalue weighted by Gasteiger charge is -2.40. The van der Waals surface area contributed by atoms with E-state index in [1.165, 1.54) is 6.42 Å². The molecule has 2 N–H and O–H groups in total.